The standard InChI is InChI=1S/C13H22ClF2INO/c1-9(7-17-12(14)19)18-8-10-3-4-11(15)5-6-13(10,2)16/h4,9-10,12,18-19H,3,5-8H2,1-2H3/q-1/t9?,10?,12-,13+/m0/s1. The minimum atomic E-state index is -1.34. The van der Waals surface area contributed by atoms with Crippen LogP contribution in [0.25, 0.3) is 0 Å². The van der Waals surface area contributed by atoms with E-state index in [1.54, 1.807) is 6.92 Å². The molecule has 0 heterocycles. The number of alkyl halides is 4. The van der Waals surface area contributed by atoms with Crippen LogP contribution in [0.5, 0.6) is 0 Å². The Labute approximate surface area is 129 Å². The molecule has 0 saturated heterocycles. The van der Waals surface area contributed by atoms with Crippen LogP contribution in [0.4, 0.5) is 8.78 Å². The fourth-order valence-electron chi connectivity index (χ4n) is 2.09. The first kappa shape index (κ1) is 17.6. The Morgan fingerprint density at radius 1 is 1.68 bits per heavy atom. The van der Waals surface area contributed by atoms with Gasteiger partial charge in [0.25, 0.3) is 0 Å². The molecular formula is C13H22ClF2INO-. The van der Waals surface area contributed by atoms with Crippen molar-refractivity contribution in [3.05, 3.63) is 11.9 Å². The van der Waals surface area contributed by atoms with Gasteiger partial charge in [0.05, 0.1) is 0 Å². The van der Waals surface area contributed by atoms with E-state index in [4.69, 9.17) is 16.7 Å². The first-order valence-electron chi connectivity index (χ1n) is 6.48. The summed E-state index contributed by atoms with van der Waals surface area (Å²) >= 11 is 5.07. The van der Waals surface area contributed by atoms with Crippen molar-refractivity contribution in [3.8, 4) is 0 Å². The number of hydrogen-bond acceptors (Lipinski definition) is 2. The third-order valence-electron chi connectivity index (χ3n) is 3.49. The Hall–Kier alpha value is 0.540. The van der Waals surface area contributed by atoms with E-state index in [1.165, 1.54) is 6.08 Å². The SMILES string of the molecule is CC(C[I-][C@@H](O)Cl)NCC1CC=C(F)CC[C@@]1(C)F. The van der Waals surface area contributed by atoms with E-state index in [0.29, 0.717) is 13.0 Å². The third-order valence-corrected chi connectivity index (χ3v) is 6.83. The van der Waals surface area contributed by atoms with Crippen LogP contribution in [0, 0.1) is 5.92 Å². The predicted molar refractivity (Wildman–Crippen MR) is 70.2 cm³/mol. The zero-order valence-electron chi connectivity index (χ0n) is 11.3. The zero-order valence-corrected chi connectivity index (χ0v) is 14.2. The fourth-order valence-corrected chi connectivity index (χ4v) is 4.03. The molecule has 2 nitrogen and oxygen atoms in total. The number of allylic oxidation sites excluding steroid dienone is 2. The molecule has 0 amide bonds. The van der Waals surface area contributed by atoms with Crippen molar-refractivity contribution in [3.63, 3.8) is 0 Å². The van der Waals surface area contributed by atoms with Gasteiger partial charge in [-0.1, -0.05) is 0 Å². The summed E-state index contributed by atoms with van der Waals surface area (Å²) in [6.45, 7) is 4.09. The number of nitrogens with one attached hydrogen (secondary N) is 1. The molecule has 114 valence electrons. The Morgan fingerprint density at radius 2 is 2.37 bits per heavy atom. The van der Waals surface area contributed by atoms with Crippen molar-refractivity contribution in [2.75, 3.05) is 11.0 Å². The summed E-state index contributed by atoms with van der Waals surface area (Å²) < 4.78 is 27.8. The summed E-state index contributed by atoms with van der Waals surface area (Å²) in [4.78, 5) is 0. The van der Waals surface area contributed by atoms with Crippen LogP contribution in [0.2, 0.25) is 0 Å². The molecule has 19 heavy (non-hydrogen) atoms. The third kappa shape index (κ3) is 6.69. The molecule has 0 radical (unpaired) electrons. The Kier molecular flexibility index (Phi) is 7.50. The molecule has 0 spiro atoms. The van der Waals surface area contributed by atoms with Crippen LogP contribution >= 0.6 is 11.6 Å². The number of rotatable bonds is 6. The second-order valence-electron chi connectivity index (χ2n) is 5.26. The second-order valence-corrected chi connectivity index (χ2v) is 9.35. The van der Waals surface area contributed by atoms with Gasteiger partial charge in [-0.25, -0.2) is 0 Å². The maximum absolute atomic E-state index is 14.4. The van der Waals surface area contributed by atoms with E-state index in [2.05, 4.69) is 5.32 Å². The molecule has 1 rings (SSSR count). The van der Waals surface area contributed by atoms with Crippen LogP contribution in [-0.2, 0) is 0 Å². The summed E-state index contributed by atoms with van der Waals surface area (Å²) in [5, 5.41) is 12.3. The van der Waals surface area contributed by atoms with Crippen LogP contribution in [0.15, 0.2) is 11.9 Å². The van der Waals surface area contributed by atoms with Crippen LogP contribution in [0.3, 0.4) is 0 Å². The zero-order chi connectivity index (χ0) is 14.5. The normalized spacial score (nSPS) is 31.7. The molecule has 0 saturated carbocycles. The Morgan fingerprint density at radius 3 is 3.00 bits per heavy atom. The summed E-state index contributed by atoms with van der Waals surface area (Å²) in [5.74, 6) is -0.405. The molecule has 6 heteroatoms. The van der Waals surface area contributed by atoms with Gasteiger partial charge < -0.3 is 0 Å². The van der Waals surface area contributed by atoms with E-state index in [0.717, 1.165) is 4.43 Å². The second kappa shape index (κ2) is 8.10. The van der Waals surface area contributed by atoms with E-state index in [-0.39, 0.29) is 30.6 Å². The van der Waals surface area contributed by atoms with Gasteiger partial charge in [0.2, 0.25) is 0 Å². The first-order valence-corrected chi connectivity index (χ1v) is 9.68. The van der Waals surface area contributed by atoms with Gasteiger partial charge in [0.1, 0.15) is 0 Å². The van der Waals surface area contributed by atoms with Crippen molar-refractivity contribution < 1.29 is 35.1 Å². The van der Waals surface area contributed by atoms with Gasteiger partial charge >= 0.3 is 129 Å². The van der Waals surface area contributed by atoms with Crippen LogP contribution in [0.1, 0.15) is 33.1 Å². The Balaban J connectivity index is 2.41. The van der Waals surface area contributed by atoms with Crippen molar-refractivity contribution in [1.82, 2.24) is 5.32 Å². The van der Waals surface area contributed by atoms with E-state index in [9.17, 15) is 8.78 Å². The molecule has 0 bridgehead atoms. The van der Waals surface area contributed by atoms with Crippen LogP contribution in [-0.4, -0.2) is 31.4 Å². The molecular weight excluding hydrogens is 387 g/mol. The van der Waals surface area contributed by atoms with Crippen molar-refractivity contribution >= 4 is 11.6 Å². The molecule has 0 aromatic rings. The molecule has 4 atom stereocenters. The van der Waals surface area contributed by atoms with Crippen molar-refractivity contribution in [2.24, 2.45) is 5.92 Å². The van der Waals surface area contributed by atoms with E-state index >= 15 is 0 Å². The van der Waals surface area contributed by atoms with Gasteiger partial charge in [-0.15, -0.1) is 0 Å². The van der Waals surface area contributed by atoms with Crippen molar-refractivity contribution in [1.29, 1.82) is 0 Å². The number of aliphatic hydroxyl groups excluding tert-OH is 1. The average molecular weight is 409 g/mol. The summed E-state index contributed by atoms with van der Waals surface area (Å²) in [7, 11) is 0. The van der Waals surface area contributed by atoms with Crippen molar-refractivity contribution in [2.45, 2.75) is 48.4 Å². The van der Waals surface area contributed by atoms with Gasteiger partial charge in [-0.2, -0.15) is 0 Å². The van der Waals surface area contributed by atoms with E-state index in [1.807, 2.05) is 6.92 Å². The monoisotopic (exact) mass is 408 g/mol. The van der Waals surface area contributed by atoms with Gasteiger partial charge in [-0.3, -0.25) is 0 Å². The number of hydrogen-bond donors (Lipinski definition) is 2. The quantitative estimate of drug-likeness (QED) is 0.477. The average Bonchev–Trinajstić information content (AvgIpc) is 2.45. The molecule has 2 N–H and O–H groups in total. The minimum absolute atomic E-state index is 0.197. The van der Waals surface area contributed by atoms with Crippen LogP contribution < -0.4 is 26.5 Å². The molecule has 0 fully saturated rings. The molecule has 0 aliphatic heterocycles. The summed E-state index contributed by atoms with van der Waals surface area (Å²) in [6.07, 6.45) is 2.38. The molecule has 1 aliphatic rings. The molecule has 0 aromatic heterocycles. The van der Waals surface area contributed by atoms with E-state index < -0.39 is 30.4 Å². The molecule has 2 unspecified atom stereocenters. The fraction of sp³-hybridized carbons (Fsp3) is 0.846. The molecule has 1 aliphatic carbocycles. The van der Waals surface area contributed by atoms with Gasteiger partial charge in [-0.05, 0) is 0 Å². The predicted octanol–water partition coefficient (Wildman–Crippen LogP) is -0.0501. The molecule has 0 aromatic carbocycles. The summed E-state index contributed by atoms with van der Waals surface area (Å²) in [5.41, 5.74) is -1.34. The number of aliphatic hydroxyl groups is 1. The Bertz CT molecular complexity index is 313. The number of halogens is 4. The van der Waals surface area contributed by atoms with Gasteiger partial charge in [0.15, 0.2) is 0 Å². The van der Waals surface area contributed by atoms with Gasteiger partial charge in [0, 0.05) is 0 Å². The first-order chi connectivity index (χ1) is 8.81. The maximum atomic E-state index is 14.4. The summed E-state index contributed by atoms with van der Waals surface area (Å²) in [6, 6.07) is 0.203. The topological polar surface area (TPSA) is 32.3 Å².